The molecule has 2 unspecified atom stereocenters. The summed E-state index contributed by atoms with van der Waals surface area (Å²) in [5.41, 5.74) is 2.37. The molecule has 1 fully saturated rings. The molecule has 2 amide bonds. The van der Waals surface area contributed by atoms with Crippen molar-refractivity contribution in [3.8, 4) is 0 Å². The first-order chi connectivity index (χ1) is 17.2. The maximum Gasteiger partial charge on any atom is 0.325 e. The number of benzene rings is 1. The molecule has 1 aromatic heterocycles. The fraction of sp³-hybridized carbons (Fsp3) is 0.593. The first-order valence-electron chi connectivity index (χ1n) is 12.8. The molecule has 3 rings (SSSR count). The van der Waals surface area contributed by atoms with Crippen molar-refractivity contribution in [2.45, 2.75) is 71.8 Å². The third-order valence-electron chi connectivity index (χ3n) is 6.79. The number of aromatic nitrogens is 1. The largest absolute Gasteiger partial charge is 0.481 e. The summed E-state index contributed by atoms with van der Waals surface area (Å²) in [6, 6.07) is 7.47. The Hall–Kier alpha value is -3.07. The van der Waals surface area contributed by atoms with Gasteiger partial charge in [0.05, 0.1) is 23.9 Å². The van der Waals surface area contributed by atoms with Gasteiger partial charge in [0, 0.05) is 31.7 Å². The van der Waals surface area contributed by atoms with Gasteiger partial charge in [-0.15, -0.1) is 0 Å². The normalized spacial score (nSPS) is 15.9. The topological polar surface area (TPSA) is 117 Å². The van der Waals surface area contributed by atoms with Gasteiger partial charge in [0.15, 0.2) is 5.82 Å². The number of carbonyl (C=O) groups excluding carboxylic acids is 1. The Morgan fingerprint density at radius 1 is 1.17 bits per heavy atom. The van der Waals surface area contributed by atoms with E-state index in [0.717, 1.165) is 30.6 Å². The Kier molecular flexibility index (Phi) is 9.75. The lowest BCUT2D eigenvalue weighted by Gasteiger charge is -2.38. The van der Waals surface area contributed by atoms with E-state index in [1.165, 1.54) is 19.3 Å². The van der Waals surface area contributed by atoms with Gasteiger partial charge in [-0.3, -0.25) is 10.1 Å². The molecule has 3 N–H and O–H groups in total. The first-order valence-corrected chi connectivity index (χ1v) is 12.8. The van der Waals surface area contributed by atoms with Crippen LogP contribution in [0.4, 0.5) is 22.0 Å². The summed E-state index contributed by atoms with van der Waals surface area (Å²) in [5.74, 6) is -0.556. The van der Waals surface area contributed by atoms with Gasteiger partial charge >= 0.3 is 12.0 Å². The van der Waals surface area contributed by atoms with Gasteiger partial charge in [-0.2, -0.15) is 0 Å². The molecule has 9 heteroatoms. The van der Waals surface area contributed by atoms with Gasteiger partial charge < -0.3 is 24.6 Å². The number of methoxy groups -OCH3 is 1. The molecule has 0 saturated heterocycles. The van der Waals surface area contributed by atoms with Crippen molar-refractivity contribution >= 4 is 29.2 Å². The second-order valence-corrected chi connectivity index (χ2v) is 10.2. The molecule has 9 nitrogen and oxygen atoms in total. The maximum absolute atomic E-state index is 13.0. The van der Waals surface area contributed by atoms with E-state index in [0.29, 0.717) is 29.2 Å². The maximum atomic E-state index is 13.0. The van der Waals surface area contributed by atoms with Gasteiger partial charge in [0.25, 0.3) is 0 Å². The molecule has 2 aromatic rings. The third kappa shape index (κ3) is 7.22. The molecule has 36 heavy (non-hydrogen) atoms. The van der Waals surface area contributed by atoms with E-state index in [1.807, 2.05) is 18.2 Å². The van der Waals surface area contributed by atoms with E-state index in [9.17, 15) is 14.7 Å². The summed E-state index contributed by atoms with van der Waals surface area (Å²) in [6.45, 7) is 8.94. The highest BCUT2D eigenvalue weighted by Crippen LogP contribution is 2.37. The summed E-state index contributed by atoms with van der Waals surface area (Å²) in [5, 5.41) is 19.2. The lowest BCUT2D eigenvalue weighted by molar-refractivity contribution is -0.142. The van der Waals surface area contributed by atoms with E-state index in [2.05, 4.69) is 34.5 Å². The van der Waals surface area contributed by atoms with Crippen LogP contribution in [-0.4, -0.2) is 48.6 Å². The number of anilines is 3. The number of nitrogens with one attached hydrogen (secondary N) is 2. The van der Waals surface area contributed by atoms with E-state index in [-0.39, 0.29) is 12.5 Å². The molecule has 1 aliphatic carbocycles. The monoisotopic (exact) mass is 500 g/mol. The quantitative estimate of drug-likeness (QED) is 0.353. The van der Waals surface area contributed by atoms with Crippen molar-refractivity contribution in [1.29, 1.82) is 0 Å². The highest BCUT2D eigenvalue weighted by Gasteiger charge is 2.29. The number of aryl methyl sites for hydroxylation is 1. The second-order valence-electron chi connectivity index (χ2n) is 10.2. The zero-order chi connectivity index (χ0) is 26.2. The van der Waals surface area contributed by atoms with E-state index >= 15 is 0 Å². The Morgan fingerprint density at radius 3 is 2.47 bits per heavy atom. The first kappa shape index (κ1) is 27.5. The average Bonchev–Trinajstić information content (AvgIpc) is 3.25. The number of carboxylic acid groups (broad SMARTS) is 1. The lowest BCUT2D eigenvalue weighted by atomic mass is 9.87. The van der Waals surface area contributed by atoms with Crippen molar-refractivity contribution < 1.29 is 24.0 Å². The van der Waals surface area contributed by atoms with Crippen LogP contribution in [0.3, 0.4) is 0 Å². The van der Waals surface area contributed by atoms with Crippen molar-refractivity contribution in [2.75, 3.05) is 35.8 Å². The van der Waals surface area contributed by atoms with Crippen LogP contribution in [0.25, 0.3) is 0 Å². The van der Waals surface area contributed by atoms with Gasteiger partial charge in [-0.05, 0) is 43.4 Å². The van der Waals surface area contributed by atoms with E-state index in [4.69, 9.17) is 9.26 Å². The molecular weight excluding hydrogens is 460 g/mol. The van der Waals surface area contributed by atoms with Crippen LogP contribution in [0.2, 0.25) is 0 Å². The number of rotatable bonds is 11. The summed E-state index contributed by atoms with van der Waals surface area (Å²) < 4.78 is 10.4. The second kappa shape index (κ2) is 12.8. The van der Waals surface area contributed by atoms with Crippen LogP contribution in [0, 0.1) is 18.8 Å². The smallest absolute Gasteiger partial charge is 0.325 e. The fourth-order valence-electron chi connectivity index (χ4n) is 4.94. The number of nitrogens with zero attached hydrogens (tertiary/aromatic N) is 2. The number of hydrogen-bond donors (Lipinski definition) is 3. The molecular formula is C27H40N4O5. The molecule has 0 bridgehead atoms. The predicted octanol–water partition coefficient (Wildman–Crippen LogP) is 5.87. The standard InChI is InChI=1S/C27H40N4O5/c1-17(2)15-31(21-9-7-6-8-10-21)24-12-11-20(22(16-35-5)19(4)26(32)33)14-23(24)28-27(34)29-25-13-18(3)36-30-25/h11-14,17,19,21-22H,6-10,15-16H2,1-5H3,(H,32,33)(H2,28,29,30,34). The summed E-state index contributed by atoms with van der Waals surface area (Å²) >= 11 is 0. The van der Waals surface area contributed by atoms with Crippen molar-refractivity contribution in [3.05, 3.63) is 35.6 Å². The number of aliphatic carboxylic acids is 1. The Balaban J connectivity index is 2.01. The Morgan fingerprint density at radius 2 is 1.89 bits per heavy atom. The van der Waals surface area contributed by atoms with E-state index in [1.54, 1.807) is 27.0 Å². The molecule has 0 spiro atoms. The summed E-state index contributed by atoms with van der Waals surface area (Å²) in [4.78, 5) is 27.2. The van der Waals surface area contributed by atoms with Gasteiger partial charge in [-0.1, -0.05) is 51.3 Å². The summed E-state index contributed by atoms with van der Waals surface area (Å²) in [7, 11) is 1.57. The van der Waals surface area contributed by atoms with Crippen molar-refractivity contribution in [3.63, 3.8) is 0 Å². The predicted molar refractivity (Wildman–Crippen MR) is 141 cm³/mol. The highest BCUT2D eigenvalue weighted by molar-refractivity contribution is 6.01. The zero-order valence-electron chi connectivity index (χ0n) is 22.0. The number of amides is 2. The van der Waals surface area contributed by atoms with E-state index < -0.39 is 17.9 Å². The number of ether oxygens (including phenoxy) is 1. The fourth-order valence-corrected chi connectivity index (χ4v) is 4.94. The van der Waals surface area contributed by atoms with Crippen LogP contribution in [0.5, 0.6) is 0 Å². The molecule has 0 aliphatic heterocycles. The van der Waals surface area contributed by atoms with Crippen LogP contribution in [0.1, 0.15) is 70.1 Å². The molecule has 1 saturated carbocycles. The summed E-state index contributed by atoms with van der Waals surface area (Å²) in [6.07, 6.45) is 5.86. The molecule has 1 aliphatic rings. The highest BCUT2D eigenvalue weighted by atomic mass is 16.5. The van der Waals surface area contributed by atoms with Crippen LogP contribution < -0.4 is 15.5 Å². The minimum absolute atomic E-state index is 0.259. The minimum atomic E-state index is -0.890. The molecule has 1 heterocycles. The Labute approximate surface area is 213 Å². The number of carbonyl (C=O) groups is 2. The van der Waals surface area contributed by atoms with Gasteiger partial charge in [0.2, 0.25) is 0 Å². The number of carboxylic acids is 1. The number of hydrogen-bond acceptors (Lipinski definition) is 6. The molecule has 198 valence electrons. The molecule has 0 radical (unpaired) electrons. The van der Waals surface area contributed by atoms with Gasteiger partial charge in [0.1, 0.15) is 5.76 Å². The van der Waals surface area contributed by atoms with Crippen molar-refractivity contribution in [1.82, 2.24) is 5.16 Å². The number of urea groups is 1. The van der Waals surface area contributed by atoms with Crippen LogP contribution in [0.15, 0.2) is 28.8 Å². The third-order valence-corrected chi connectivity index (χ3v) is 6.79. The zero-order valence-corrected chi connectivity index (χ0v) is 22.0. The van der Waals surface area contributed by atoms with Crippen LogP contribution >= 0.6 is 0 Å². The molecule has 2 atom stereocenters. The Bertz CT molecular complexity index is 1020. The van der Waals surface area contributed by atoms with Crippen molar-refractivity contribution in [2.24, 2.45) is 11.8 Å². The van der Waals surface area contributed by atoms with Gasteiger partial charge in [-0.25, -0.2) is 4.79 Å². The molecule has 1 aromatic carbocycles. The SMILES string of the molecule is COCC(c1ccc(N(CC(C)C)C2CCCCC2)c(NC(=O)Nc2cc(C)on2)c1)C(C)C(=O)O. The minimum Gasteiger partial charge on any atom is -0.481 e. The van der Waals surface area contributed by atoms with Crippen LogP contribution in [-0.2, 0) is 9.53 Å². The lowest BCUT2D eigenvalue weighted by Crippen LogP contribution is -2.40. The average molecular weight is 501 g/mol.